The molecule has 0 radical (unpaired) electrons. The second-order valence-corrected chi connectivity index (χ2v) is 8.14. The van der Waals surface area contributed by atoms with Crippen molar-refractivity contribution in [3.63, 3.8) is 0 Å². The van der Waals surface area contributed by atoms with Gasteiger partial charge in [-0.1, -0.05) is 12.1 Å². The molecule has 0 bridgehead atoms. The highest BCUT2D eigenvalue weighted by Gasteiger charge is 2.38. The largest absolute Gasteiger partial charge is 0.497 e. The van der Waals surface area contributed by atoms with Crippen LogP contribution in [0.1, 0.15) is 22.3 Å². The van der Waals surface area contributed by atoms with Crippen LogP contribution in [0.4, 0.5) is 17.6 Å². The summed E-state index contributed by atoms with van der Waals surface area (Å²) in [6.07, 6.45) is -4.87. The Bertz CT molecular complexity index is 1070. The number of piperazine rings is 1. The molecule has 0 saturated carbocycles. The van der Waals surface area contributed by atoms with Crippen LogP contribution in [0.25, 0.3) is 0 Å². The Hall–Kier alpha value is -3.87. The second kappa shape index (κ2) is 14.2. The van der Waals surface area contributed by atoms with Crippen molar-refractivity contribution in [1.82, 2.24) is 15.1 Å². The SMILES string of the molecule is COc1cc(OC)cc(C(=O)N(CCC(=O)N2CCNCC2)Cc2ccc(F)cc2)c1.O=C(O)C(F)(F)F. The van der Waals surface area contributed by atoms with Gasteiger partial charge in [0, 0.05) is 57.3 Å². The van der Waals surface area contributed by atoms with Crippen molar-refractivity contribution in [2.45, 2.75) is 19.1 Å². The number of nitrogens with one attached hydrogen (secondary N) is 1. The molecule has 2 amide bonds. The number of carboxylic acids is 1. The van der Waals surface area contributed by atoms with Crippen molar-refractivity contribution in [2.24, 2.45) is 0 Å². The number of hydrogen-bond donors (Lipinski definition) is 2. The van der Waals surface area contributed by atoms with Gasteiger partial charge in [0.25, 0.3) is 5.91 Å². The third-order valence-electron chi connectivity index (χ3n) is 5.48. The first kappa shape index (κ1) is 30.4. The van der Waals surface area contributed by atoms with Gasteiger partial charge in [-0.15, -0.1) is 0 Å². The predicted molar refractivity (Wildman–Crippen MR) is 128 cm³/mol. The van der Waals surface area contributed by atoms with E-state index in [9.17, 15) is 27.2 Å². The zero-order valence-corrected chi connectivity index (χ0v) is 20.9. The first-order chi connectivity index (χ1) is 17.9. The molecule has 2 aromatic carbocycles. The zero-order chi connectivity index (χ0) is 28.3. The number of benzene rings is 2. The average molecular weight is 544 g/mol. The number of rotatable bonds is 8. The van der Waals surface area contributed by atoms with Gasteiger partial charge in [-0.05, 0) is 29.8 Å². The minimum atomic E-state index is -5.08. The Kier molecular flexibility index (Phi) is 11.3. The number of hydrogen-bond acceptors (Lipinski definition) is 6. The lowest BCUT2D eigenvalue weighted by Crippen LogP contribution is -2.47. The van der Waals surface area contributed by atoms with E-state index in [2.05, 4.69) is 5.32 Å². The van der Waals surface area contributed by atoms with Gasteiger partial charge < -0.3 is 29.7 Å². The van der Waals surface area contributed by atoms with Crippen LogP contribution in [-0.4, -0.2) is 85.8 Å². The second-order valence-electron chi connectivity index (χ2n) is 8.14. The maximum Gasteiger partial charge on any atom is 0.490 e. The zero-order valence-electron chi connectivity index (χ0n) is 20.9. The van der Waals surface area contributed by atoms with Crippen LogP contribution >= 0.6 is 0 Å². The number of amides is 2. The first-order valence-electron chi connectivity index (χ1n) is 11.5. The number of nitrogens with zero attached hydrogens (tertiary/aromatic N) is 2. The van der Waals surface area contributed by atoms with Crippen molar-refractivity contribution < 1.29 is 46.5 Å². The number of halogens is 4. The molecule has 2 N–H and O–H groups in total. The van der Waals surface area contributed by atoms with Crippen LogP contribution in [0, 0.1) is 5.82 Å². The maximum absolute atomic E-state index is 13.3. The summed E-state index contributed by atoms with van der Waals surface area (Å²) in [7, 11) is 3.04. The first-order valence-corrected chi connectivity index (χ1v) is 11.5. The van der Waals surface area contributed by atoms with Crippen LogP contribution < -0.4 is 14.8 Å². The van der Waals surface area contributed by atoms with Gasteiger partial charge >= 0.3 is 12.1 Å². The summed E-state index contributed by atoms with van der Waals surface area (Å²) in [6.45, 7) is 3.38. The fraction of sp³-hybridized carbons (Fsp3) is 0.400. The van der Waals surface area contributed by atoms with Crippen molar-refractivity contribution in [2.75, 3.05) is 46.9 Å². The highest BCUT2D eigenvalue weighted by Crippen LogP contribution is 2.24. The Morgan fingerprint density at radius 3 is 2.00 bits per heavy atom. The van der Waals surface area contributed by atoms with E-state index < -0.39 is 12.1 Å². The highest BCUT2D eigenvalue weighted by atomic mass is 19.4. The molecule has 208 valence electrons. The van der Waals surface area contributed by atoms with Crippen LogP contribution in [0.15, 0.2) is 42.5 Å². The Morgan fingerprint density at radius 2 is 1.53 bits per heavy atom. The van der Waals surface area contributed by atoms with Gasteiger partial charge in [0.15, 0.2) is 0 Å². The molecule has 9 nitrogen and oxygen atoms in total. The molecule has 3 rings (SSSR count). The van der Waals surface area contributed by atoms with Gasteiger partial charge in [0.1, 0.15) is 17.3 Å². The predicted octanol–water partition coefficient (Wildman–Crippen LogP) is 2.94. The minimum absolute atomic E-state index is 0.0154. The fourth-order valence-corrected chi connectivity index (χ4v) is 3.48. The maximum atomic E-state index is 13.3. The number of carboxylic acid groups (broad SMARTS) is 1. The van der Waals surface area contributed by atoms with Gasteiger partial charge in [-0.25, -0.2) is 9.18 Å². The summed E-state index contributed by atoms with van der Waals surface area (Å²) in [5, 5.41) is 10.3. The Labute approximate surface area is 216 Å². The van der Waals surface area contributed by atoms with E-state index in [0.29, 0.717) is 30.2 Å². The number of alkyl halides is 3. The van der Waals surface area contributed by atoms with E-state index in [1.54, 1.807) is 35.2 Å². The van der Waals surface area contributed by atoms with Gasteiger partial charge in [-0.3, -0.25) is 9.59 Å². The topological polar surface area (TPSA) is 108 Å². The standard InChI is InChI=1S/C23H28FN3O4.C2HF3O2/c1-30-20-13-18(14-21(15-20)31-2)23(29)27(16-17-3-5-19(24)6-4-17)10-7-22(28)26-11-8-25-9-12-26;3-2(4,5)1(6)7/h3-6,13-15,25H,7-12,16H2,1-2H3;(H,6,7). The summed E-state index contributed by atoms with van der Waals surface area (Å²) in [5.41, 5.74) is 1.17. The van der Waals surface area contributed by atoms with Crippen LogP contribution in [0.2, 0.25) is 0 Å². The summed E-state index contributed by atoms with van der Waals surface area (Å²) >= 11 is 0. The lowest BCUT2D eigenvalue weighted by Gasteiger charge is -2.29. The normalized spacial score (nSPS) is 13.2. The quantitative estimate of drug-likeness (QED) is 0.493. The van der Waals surface area contributed by atoms with Crippen molar-refractivity contribution in [3.05, 3.63) is 59.4 Å². The molecule has 0 aromatic heterocycles. The van der Waals surface area contributed by atoms with E-state index in [4.69, 9.17) is 19.4 Å². The Morgan fingerprint density at radius 1 is 1.00 bits per heavy atom. The van der Waals surface area contributed by atoms with E-state index >= 15 is 0 Å². The van der Waals surface area contributed by atoms with Crippen LogP contribution in [0.5, 0.6) is 11.5 Å². The molecule has 2 aromatic rings. The smallest absolute Gasteiger partial charge is 0.490 e. The van der Waals surface area contributed by atoms with Crippen molar-refractivity contribution in [3.8, 4) is 11.5 Å². The molecule has 1 saturated heterocycles. The number of carbonyl (C=O) groups excluding carboxylic acids is 2. The molecule has 38 heavy (non-hydrogen) atoms. The molecule has 0 unspecified atom stereocenters. The Balaban J connectivity index is 0.000000638. The summed E-state index contributed by atoms with van der Waals surface area (Å²) in [4.78, 5) is 38.3. The third kappa shape index (κ3) is 9.54. The highest BCUT2D eigenvalue weighted by molar-refractivity contribution is 5.95. The molecular weight excluding hydrogens is 514 g/mol. The lowest BCUT2D eigenvalue weighted by atomic mass is 10.1. The molecule has 0 spiro atoms. The van der Waals surface area contributed by atoms with Gasteiger partial charge in [0.2, 0.25) is 5.91 Å². The third-order valence-corrected chi connectivity index (χ3v) is 5.48. The van der Waals surface area contributed by atoms with Gasteiger partial charge in [0.05, 0.1) is 14.2 Å². The lowest BCUT2D eigenvalue weighted by molar-refractivity contribution is -0.192. The molecule has 13 heteroatoms. The number of carbonyl (C=O) groups is 3. The molecule has 1 fully saturated rings. The average Bonchev–Trinajstić information content (AvgIpc) is 2.91. The fourth-order valence-electron chi connectivity index (χ4n) is 3.48. The molecule has 1 aliphatic rings. The van der Waals surface area contributed by atoms with E-state index in [0.717, 1.165) is 18.7 Å². The number of aliphatic carboxylic acids is 1. The summed E-state index contributed by atoms with van der Waals surface area (Å²) < 4.78 is 55.6. The molecule has 0 atom stereocenters. The van der Waals surface area contributed by atoms with Crippen molar-refractivity contribution in [1.29, 1.82) is 0 Å². The minimum Gasteiger partial charge on any atom is -0.497 e. The van der Waals surface area contributed by atoms with Crippen molar-refractivity contribution >= 4 is 17.8 Å². The van der Waals surface area contributed by atoms with Crippen LogP contribution in [0.3, 0.4) is 0 Å². The van der Waals surface area contributed by atoms with E-state index in [1.165, 1.54) is 26.4 Å². The molecular formula is C25H29F4N3O6. The molecule has 1 aliphatic heterocycles. The van der Waals surface area contributed by atoms with E-state index in [-0.39, 0.29) is 37.1 Å². The number of ether oxygens (including phenoxy) is 2. The summed E-state index contributed by atoms with van der Waals surface area (Å²) in [6, 6.07) is 11.0. The van der Waals surface area contributed by atoms with Crippen LogP contribution in [-0.2, 0) is 16.1 Å². The number of methoxy groups -OCH3 is 2. The summed E-state index contributed by atoms with van der Waals surface area (Å²) in [5.74, 6) is -2.33. The van der Waals surface area contributed by atoms with Gasteiger partial charge in [-0.2, -0.15) is 13.2 Å². The van der Waals surface area contributed by atoms with E-state index in [1.807, 2.05) is 4.90 Å². The molecule has 0 aliphatic carbocycles. The monoisotopic (exact) mass is 543 g/mol. The molecule has 1 heterocycles.